The Morgan fingerprint density at radius 2 is 1.59 bits per heavy atom. The van der Waals surface area contributed by atoms with Gasteiger partial charge in [0.2, 0.25) is 11.7 Å². The Kier molecular flexibility index (Phi) is 6.57. The van der Waals surface area contributed by atoms with Gasteiger partial charge in [0, 0.05) is 10.2 Å². The fourth-order valence-corrected chi connectivity index (χ4v) is 3.50. The van der Waals surface area contributed by atoms with Crippen LogP contribution in [-0.2, 0) is 20.9 Å². The van der Waals surface area contributed by atoms with Crippen LogP contribution in [0.25, 0.3) is 10.8 Å². The Bertz CT molecular complexity index is 1130. The summed E-state index contributed by atoms with van der Waals surface area (Å²) < 4.78 is 0.956. The Labute approximate surface area is 185 Å². The molecule has 0 saturated carbocycles. The normalized spacial score (nSPS) is 10.7. The van der Waals surface area contributed by atoms with Crippen molar-refractivity contribution in [2.75, 3.05) is 4.90 Å². The molecule has 0 heterocycles. The number of carbonyl (C=O) groups is 3. The topological polar surface area (TPSA) is 74.7 Å². The summed E-state index contributed by atoms with van der Waals surface area (Å²) in [5, 5.41) is 11.4. The molecular formula is C21H14BrCl2NO4. The van der Waals surface area contributed by atoms with Gasteiger partial charge < -0.3 is 10.0 Å². The maximum Gasteiger partial charge on any atom is 0.372 e. The molecule has 3 aromatic rings. The summed E-state index contributed by atoms with van der Waals surface area (Å²) in [6.07, 6.45) is -0.754. The summed E-state index contributed by atoms with van der Waals surface area (Å²) in [5.41, 5.74) is 1.22. The number of nitrogens with zero attached hydrogens (tertiary/aromatic N) is 1. The molecule has 8 heteroatoms. The highest BCUT2D eigenvalue weighted by Crippen LogP contribution is 2.29. The Morgan fingerprint density at radius 1 is 0.897 bits per heavy atom. The van der Waals surface area contributed by atoms with Crippen molar-refractivity contribution >= 4 is 73.3 Å². The molecule has 0 aliphatic heterocycles. The van der Waals surface area contributed by atoms with E-state index in [2.05, 4.69) is 15.9 Å². The maximum atomic E-state index is 12.7. The minimum Gasteiger partial charge on any atom is -0.475 e. The monoisotopic (exact) mass is 493 g/mol. The van der Waals surface area contributed by atoms with Crippen LogP contribution in [0.4, 0.5) is 5.69 Å². The van der Waals surface area contributed by atoms with Gasteiger partial charge in [0.05, 0.1) is 23.0 Å². The van der Waals surface area contributed by atoms with Crippen molar-refractivity contribution in [2.24, 2.45) is 0 Å². The van der Waals surface area contributed by atoms with E-state index >= 15 is 0 Å². The molecule has 0 atom stereocenters. The van der Waals surface area contributed by atoms with Crippen molar-refractivity contribution in [3.05, 3.63) is 74.7 Å². The van der Waals surface area contributed by atoms with Crippen molar-refractivity contribution in [3.63, 3.8) is 0 Å². The van der Waals surface area contributed by atoms with Crippen LogP contribution in [-0.4, -0.2) is 22.8 Å². The number of ketones is 1. The first kappa shape index (κ1) is 21.3. The number of hydrogen-bond donors (Lipinski definition) is 1. The van der Waals surface area contributed by atoms with Crippen LogP contribution < -0.4 is 4.90 Å². The molecule has 0 aliphatic carbocycles. The summed E-state index contributed by atoms with van der Waals surface area (Å²) in [5.74, 6) is -3.47. The van der Waals surface area contributed by atoms with E-state index in [1.807, 2.05) is 36.4 Å². The number of benzene rings is 3. The average molecular weight is 495 g/mol. The van der Waals surface area contributed by atoms with Crippen molar-refractivity contribution in [3.8, 4) is 0 Å². The molecule has 0 fully saturated rings. The van der Waals surface area contributed by atoms with Gasteiger partial charge >= 0.3 is 5.97 Å². The van der Waals surface area contributed by atoms with Crippen LogP contribution in [0.2, 0.25) is 10.0 Å². The fourth-order valence-electron chi connectivity index (χ4n) is 2.83. The molecule has 3 rings (SSSR count). The Hall–Kier alpha value is -2.41. The molecule has 1 N–H and O–H groups in total. The largest absolute Gasteiger partial charge is 0.475 e. The summed E-state index contributed by atoms with van der Waals surface area (Å²) >= 11 is 15.5. The van der Waals surface area contributed by atoms with E-state index < -0.39 is 24.1 Å². The van der Waals surface area contributed by atoms with Gasteiger partial charge in [-0.05, 0) is 52.7 Å². The first-order valence-corrected chi connectivity index (χ1v) is 9.99. The number of Topliss-reactive ketones (excluding diaryl/α,β-unsaturated/α-hetero) is 1. The van der Waals surface area contributed by atoms with Crippen LogP contribution in [0.15, 0.2) is 59.1 Å². The number of anilines is 1. The van der Waals surface area contributed by atoms with Gasteiger partial charge in [0.15, 0.2) is 0 Å². The lowest BCUT2D eigenvalue weighted by atomic mass is 10.1. The van der Waals surface area contributed by atoms with E-state index in [1.54, 1.807) is 6.07 Å². The predicted molar refractivity (Wildman–Crippen MR) is 117 cm³/mol. The zero-order valence-electron chi connectivity index (χ0n) is 14.9. The van der Waals surface area contributed by atoms with Crippen LogP contribution >= 0.6 is 39.1 Å². The molecule has 0 saturated heterocycles. The highest BCUT2D eigenvalue weighted by atomic mass is 79.9. The fraction of sp³-hybridized carbons (Fsp3) is 0.0952. The third kappa shape index (κ3) is 5.15. The molecule has 0 radical (unpaired) electrons. The highest BCUT2D eigenvalue weighted by Gasteiger charge is 2.23. The summed E-state index contributed by atoms with van der Waals surface area (Å²) in [6, 6.07) is 16.2. The lowest BCUT2D eigenvalue weighted by Crippen LogP contribution is -2.33. The third-order valence-electron chi connectivity index (χ3n) is 4.27. The van der Waals surface area contributed by atoms with Crippen molar-refractivity contribution < 1.29 is 19.5 Å². The van der Waals surface area contributed by atoms with Gasteiger partial charge in [-0.2, -0.15) is 0 Å². The molecule has 1 amide bonds. The first-order valence-electron chi connectivity index (χ1n) is 8.44. The third-order valence-corrected chi connectivity index (χ3v) is 5.51. The van der Waals surface area contributed by atoms with Crippen LogP contribution in [0.5, 0.6) is 0 Å². The number of carboxylic acid groups (broad SMARTS) is 1. The van der Waals surface area contributed by atoms with Crippen molar-refractivity contribution in [2.45, 2.75) is 13.0 Å². The van der Waals surface area contributed by atoms with E-state index in [9.17, 15) is 14.4 Å². The summed E-state index contributed by atoms with van der Waals surface area (Å²) in [7, 11) is 0. The Morgan fingerprint density at radius 3 is 2.28 bits per heavy atom. The maximum absolute atomic E-state index is 12.7. The molecule has 148 valence electrons. The zero-order chi connectivity index (χ0) is 21.1. The zero-order valence-corrected chi connectivity index (χ0v) is 18.0. The lowest BCUT2D eigenvalue weighted by molar-refractivity contribution is -0.150. The molecule has 0 aromatic heterocycles. The van der Waals surface area contributed by atoms with Gasteiger partial charge in [-0.1, -0.05) is 57.3 Å². The number of amides is 1. The molecule has 0 aliphatic rings. The second-order valence-electron chi connectivity index (χ2n) is 6.31. The second kappa shape index (κ2) is 8.95. The van der Waals surface area contributed by atoms with Gasteiger partial charge in [-0.3, -0.25) is 9.59 Å². The summed E-state index contributed by atoms with van der Waals surface area (Å²) in [6.45, 7) is 0.135. The first-order chi connectivity index (χ1) is 13.7. The highest BCUT2D eigenvalue weighted by molar-refractivity contribution is 9.10. The van der Waals surface area contributed by atoms with Crippen LogP contribution in [0.3, 0.4) is 0 Å². The summed E-state index contributed by atoms with van der Waals surface area (Å²) in [4.78, 5) is 36.5. The van der Waals surface area contributed by atoms with Crippen molar-refractivity contribution in [1.82, 2.24) is 0 Å². The number of aliphatic carboxylic acids is 1. The molecule has 0 spiro atoms. The number of halogens is 3. The number of rotatable bonds is 6. The van der Waals surface area contributed by atoms with E-state index in [4.69, 9.17) is 28.3 Å². The minimum absolute atomic E-state index is 0.135. The average Bonchev–Trinajstić information content (AvgIpc) is 2.68. The van der Waals surface area contributed by atoms with Crippen molar-refractivity contribution in [1.29, 1.82) is 0 Å². The molecule has 29 heavy (non-hydrogen) atoms. The standard InChI is InChI=1S/C21H14BrCl2NO4/c22-15-4-3-13-7-12(1-2-14(13)8-15)11-25(20(27)10-19(26)21(28)29)16-5-6-17(23)18(24)9-16/h1-9H,10-11H2,(H,28,29). The van der Waals surface area contributed by atoms with Crippen LogP contribution in [0, 0.1) is 0 Å². The quantitative estimate of drug-likeness (QED) is 0.363. The van der Waals surface area contributed by atoms with E-state index in [1.165, 1.54) is 17.0 Å². The number of carboxylic acids is 1. The predicted octanol–water partition coefficient (Wildman–Crippen LogP) is 5.49. The number of hydrogen-bond acceptors (Lipinski definition) is 3. The smallest absolute Gasteiger partial charge is 0.372 e. The molecular weight excluding hydrogens is 481 g/mol. The lowest BCUT2D eigenvalue weighted by Gasteiger charge is -2.23. The molecule has 3 aromatic carbocycles. The number of fused-ring (bicyclic) bond motifs is 1. The Balaban J connectivity index is 1.96. The number of carbonyl (C=O) groups excluding carboxylic acids is 2. The van der Waals surface area contributed by atoms with Gasteiger partial charge in [-0.25, -0.2) is 4.79 Å². The molecule has 0 bridgehead atoms. The second-order valence-corrected chi connectivity index (χ2v) is 8.04. The van der Waals surface area contributed by atoms with E-state index in [0.29, 0.717) is 10.7 Å². The SMILES string of the molecule is O=C(O)C(=O)CC(=O)N(Cc1ccc2cc(Br)ccc2c1)c1ccc(Cl)c(Cl)c1. The van der Waals surface area contributed by atoms with E-state index in [0.717, 1.165) is 20.8 Å². The van der Waals surface area contributed by atoms with E-state index in [-0.39, 0.29) is 11.6 Å². The van der Waals surface area contributed by atoms with Gasteiger partial charge in [-0.15, -0.1) is 0 Å². The molecule has 0 unspecified atom stereocenters. The molecule has 5 nitrogen and oxygen atoms in total. The minimum atomic E-state index is -1.65. The van der Waals surface area contributed by atoms with Crippen LogP contribution in [0.1, 0.15) is 12.0 Å². The van der Waals surface area contributed by atoms with Gasteiger partial charge in [0.1, 0.15) is 0 Å². The van der Waals surface area contributed by atoms with Gasteiger partial charge in [0.25, 0.3) is 0 Å².